The first kappa shape index (κ1) is 18.1. The summed E-state index contributed by atoms with van der Waals surface area (Å²) in [6.45, 7) is 1.65. The molecular formula is C23H28ClN3O. The Balaban J connectivity index is 1.29. The van der Waals surface area contributed by atoms with Gasteiger partial charge in [0.2, 0.25) is 5.91 Å². The number of nitrogens with one attached hydrogen (secondary N) is 1. The van der Waals surface area contributed by atoms with Crippen molar-refractivity contribution in [2.75, 3.05) is 18.4 Å². The third-order valence-corrected chi connectivity index (χ3v) is 7.28. The van der Waals surface area contributed by atoms with Crippen LogP contribution in [-0.4, -0.2) is 28.5 Å². The lowest BCUT2D eigenvalue weighted by Gasteiger charge is -2.46. The highest BCUT2D eigenvalue weighted by Crippen LogP contribution is 2.44. The summed E-state index contributed by atoms with van der Waals surface area (Å²) in [5.41, 5.74) is 3.40. The van der Waals surface area contributed by atoms with Crippen molar-refractivity contribution >= 4 is 23.2 Å². The fraction of sp³-hybridized carbons (Fsp3) is 0.522. The molecule has 28 heavy (non-hydrogen) atoms. The number of carbonyl (C=O) groups is 1. The summed E-state index contributed by atoms with van der Waals surface area (Å²) >= 11 is 6.23. The van der Waals surface area contributed by atoms with E-state index in [1.165, 1.54) is 31.4 Å². The van der Waals surface area contributed by atoms with E-state index in [2.05, 4.69) is 39.2 Å². The maximum atomic E-state index is 12.7. The number of piperidine rings is 1. The number of anilines is 1. The van der Waals surface area contributed by atoms with Crippen molar-refractivity contribution < 1.29 is 4.79 Å². The van der Waals surface area contributed by atoms with Gasteiger partial charge in [0.05, 0.1) is 16.9 Å². The Morgan fingerprint density at radius 2 is 1.96 bits per heavy atom. The molecule has 1 amide bonds. The molecule has 148 valence electrons. The Morgan fingerprint density at radius 1 is 1.18 bits per heavy atom. The zero-order valence-corrected chi connectivity index (χ0v) is 17.0. The SMILES string of the molecule is O=C(CCC1CCCC1)N1CCC2(CC1)Nc1ccc(Cl)cc1-n1cccc12. The van der Waals surface area contributed by atoms with E-state index in [1.807, 2.05) is 12.1 Å². The van der Waals surface area contributed by atoms with E-state index >= 15 is 0 Å². The highest BCUT2D eigenvalue weighted by Gasteiger charge is 2.42. The second kappa shape index (κ2) is 7.14. The fourth-order valence-electron chi connectivity index (χ4n) is 5.42. The number of aromatic nitrogens is 1. The zero-order chi connectivity index (χ0) is 19.1. The van der Waals surface area contributed by atoms with E-state index < -0.39 is 0 Å². The summed E-state index contributed by atoms with van der Waals surface area (Å²) in [5.74, 6) is 1.13. The van der Waals surface area contributed by atoms with Gasteiger partial charge in [-0.3, -0.25) is 4.79 Å². The first-order chi connectivity index (χ1) is 13.6. The summed E-state index contributed by atoms with van der Waals surface area (Å²) in [4.78, 5) is 14.8. The molecule has 5 heteroatoms. The topological polar surface area (TPSA) is 37.3 Å². The number of halogens is 1. The molecule has 1 saturated carbocycles. The van der Waals surface area contributed by atoms with Crippen molar-refractivity contribution in [1.82, 2.24) is 9.47 Å². The molecule has 4 nitrogen and oxygen atoms in total. The standard InChI is InChI=1S/C23H28ClN3O/c24-18-8-9-19-20(16-18)27-13-3-6-21(27)23(25-19)11-14-26(15-12-23)22(28)10-7-17-4-1-2-5-17/h3,6,8-9,13,16-17,25H,1-2,4-5,7,10-12,14-15H2. The lowest BCUT2D eigenvalue weighted by molar-refractivity contribution is -0.133. The number of benzene rings is 1. The molecule has 1 spiro atoms. The zero-order valence-electron chi connectivity index (χ0n) is 16.3. The molecule has 2 aliphatic heterocycles. The Bertz CT molecular complexity index is 876. The minimum absolute atomic E-state index is 0.105. The van der Waals surface area contributed by atoms with Gasteiger partial charge in [-0.2, -0.15) is 0 Å². The molecule has 0 unspecified atom stereocenters. The number of carbonyl (C=O) groups excluding carboxylic acids is 1. The molecule has 0 radical (unpaired) electrons. The van der Waals surface area contributed by atoms with Crippen LogP contribution in [0.5, 0.6) is 0 Å². The van der Waals surface area contributed by atoms with Crippen molar-refractivity contribution in [3.63, 3.8) is 0 Å². The largest absolute Gasteiger partial charge is 0.372 e. The molecule has 0 atom stereocenters. The fourth-order valence-corrected chi connectivity index (χ4v) is 5.58. The second-order valence-corrected chi connectivity index (χ2v) is 9.14. The molecule has 3 aliphatic rings. The molecule has 1 N–H and O–H groups in total. The third kappa shape index (κ3) is 3.12. The Labute approximate surface area is 171 Å². The van der Waals surface area contributed by atoms with Crippen molar-refractivity contribution in [2.24, 2.45) is 5.92 Å². The number of amides is 1. The number of hydrogen-bond donors (Lipinski definition) is 1. The average Bonchev–Trinajstić information content (AvgIpc) is 3.40. The van der Waals surface area contributed by atoms with Crippen LogP contribution in [0.4, 0.5) is 5.69 Å². The minimum Gasteiger partial charge on any atom is -0.372 e. The maximum absolute atomic E-state index is 12.7. The number of hydrogen-bond acceptors (Lipinski definition) is 2. The molecule has 3 heterocycles. The molecule has 2 fully saturated rings. The predicted octanol–water partition coefficient (Wildman–Crippen LogP) is 5.34. The second-order valence-electron chi connectivity index (χ2n) is 8.70. The van der Waals surface area contributed by atoms with E-state index in [0.29, 0.717) is 5.91 Å². The Kier molecular flexibility index (Phi) is 4.62. The maximum Gasteiger partial charge on any atom is 0.222 e. The van der Waals surface area contributed by atoms with Gasteiger partial charge in [0, 0.05) is 36.4 Å². The van der Waals surface area contributed by atoms with Gasteiger partial charge in [0.15, 0.2) is 0 Å². The lowest BCUT2D eigenvalue weighted by Crippen LogP contribution is -2.51. The van der Waals surface area contributed by atoms with Crippen molar-refractivity contribution in [3.8, 4) is 5.69 Å². The summed E-state index contributed by atoms with van der Waals surface area (Å²) in [6, 6.07) is 10.3. The van der Waals surface area contributed by atoms with Gasteiger partial charge in [0.1, 0.15) is 0 Å². The first-order valence-corrected chi connectivity index (χ1v) is 11.1. The van der Waals surface area contributed by atoms with Crippen molar-refractivity contribution in [3.05, 3.63) is 47.2 Å². The van der Waals surface area contributed by atoms with Gasteiger partial charge in [0.25, 0.3) is 0 Å². The van der Waals surface area contributed by atoms with Crippen LogP contribution in [0.3, 0.4) is 0 Å². The van der Waals surface area contributed by atoms with Gasteiger partial charge in [-0.05, 0) is 55.5 Å². The van der Waals surface area contributed by atoms with E-state index in [9.17, 15) is 4.79 Å². The minimum atomic E-state index is -0.105. The van der Waals surface area contributed by atoms with Crippen LogP contribution in [0.25, 0.3) is 5.69 Å². The highest BCUT2D eigenvalue weighted by molar-refractivity contribution is 6.30. The van der Waals surface area contributed by atoms with E-state index in [0.717, 1.165) is 61.1 Å². The van der Waals surface area contributed by atoms with Crippen LogP contribution in [0.2, 0.25) is 5.02 Å². The van der Waals surface area contributed by atoms with Crippen LogP contribution >= 0.6 is 11.6 Å². The monoisotopic (exact) mass is 397 g/mol. The lowest BCUT2D eigenvalue weighted by atomic mass is 9.82. The molecule has 1 aromatic heterocycles. The molecule has 1 saturated heterocycles. The van der Waals surface area contributed by atoms with E-state index in [-0.39, 0.29) is 5.54 Å². The van der Waals surface area contributed by atoms with Gasteiger partial charge in [-0.1, -0.05) is 37.3 Å². The predicted molar refractivity (Wildman–Crippen MR) is 113 cm³/mol. The van der Waals surface area contributed by atoms with Crippen LogP contribution in [0, 0.1) is 5.92 Å². The molecule has 0 bridgehead atoms. The summed E-state index contributed by atoms with van der Waals surface area (Å²) < 4.78 is 2.26. The molecule has 1 aliphatic carbocycles. The summed E-state index contributed by atoms with van der Waals surface area (Å²) in [6.07, 6.45) is 11.1. The normalized spacial score (nSPS) is 20.7. The van der Waals surface area contributed by atoms with Gasteiger partial charge >= 0.3 is 0 Å². The van der Waals surface area contributed by atoms with Gasteiger partial charge in [-0.25, -0.2) is 0 Å². The van der Waals surface area contributed by atoms with Crippen LogP contribution < -0.4 is 5.32 Å². The molecule has 2 aromatic rings. The first-order valence-electron chi connectivity index (χ1n) is 10.7. The number of nitrogens with zero attached hydrogens (tertiary/aromatic N) is 2. The molecule has 5 rings (SSSR count). The molecule has 1 aromatic carbocycles. The van der Waals surface area contributed by atoms with Crippen molar-refractivity contribution in [1.29, 1.82) is 0 Å². The Hall–Kier alpha value is -1.94. The van der Waals surface area contributed by atoms with E-state index in [4.69, 9.17) is 11.6 Å². The van der Waals surface area contributed by atoms with E-state index in [1.54, 1.807) is 0 Å². The Morgan fingerprint density at radius 3 is 2.75 bits per heavy atom. The number of rotatable bonds is 3. The number of likely N-dealkylation sites (tertiary alicyclic amines) is 1. The van der Waals surface area contributed by atoms with Crippen LogP contribution in [0.1, 0.15) is 57.1 Å². The van der Waals surface area contributed by atoms with Gasteiger partial charge < -0.3 is 14.8 Å². The summed E-state index contributed by atoms with van der Waals surface area (Å²) in [5, 5.41) is 4.55. The quantitative estimate of drug-likeness (QED) is 0.758. The smallest absolute Gasteiger partial charge is 0.222 e. The average molecular weight is 398 g/mol. The van der Waals surface area contributed by atoms with Crippen molar-refractivity contribution in [2.45, 2.75) is 56.9 Å². The summed E-state index contributed by atoms with van der Waals surface area (Å²) in [7, 11) is 0. The van der Waals surface area contributed by atoms with Gasteiger partial charge in [-0.15, -0.1) is 0 Å². The third-order valence-electron chi connectivity index (χ3n) is 7.04. The van der Waals surface area contributed by atoms with Crippen LogP contribution in [0.15, 0.2) is 36.5 Å². The molecular weight excluding hydrogens is 370 g/mol. The number of fused-ring (bicyclic) bond motifs is 4. The van der Waals surface area contributed by atoms with Crippen LogP contribution in [-0.2, 0) is 10.3 Å². The highest BCUT2D eigenvalue weighted by atomic mass is 35.5.